The summed E-state index contributed by atoms with van der Waals surface area (Å²) in [5.41, 5.74) is 0. The van der Waals surface area contributed by atoms with Crippen molar-refractivity contribution in [2.45, 2.75) is 24.8 Å². The third kappa shape index (κ3) is 5.82. The molecule has 21 heavy (non-hydrogen) atoms. The lowest BCUT2D eigenvalue weighted by molar-refractivity contribution is -0.115. The van der Waals surface area contributed by atoms with Crippen LogP contribution < -0.4 is 5.32 Å². The Balaban J connectivity index is 1.70. The number of carbonyl (C=O) groups excluding carboxylic acids is 1. The standard InChI is InChI=1S/C14H17N3O2S2/c1-2-19-10-13-16-17-14(21-13)15-12(18)8-9-20-11-6-4-3-5-7-11/h3-7H,2,8-10H2,1H3,(H,15,17,18). The van der Waals surface area contributed by atoms with Gasteiger partial charge in [0.1, 0.15) is 11.6 Å². The van der Waals surface area contributed by atoms with E-state index in [-0.39, 0.29) is 5.91 Å². The molecule has 1 aromatic carbocycles. The van der Waals surface area contributed by atoms with E-state index in [2.05, 4.69) is 15.5 Å². The average molecular weight is 323 g/mol. The molecular formula is C14H17N3O2S2. The molecule has 2 rings (SSSR count). The summed E-state index contributed by atoms with van der Waals surface area (Å²) >= 11 is 3.01. The molecule has 0 radical (unpaired) electrons. The number of ether oxygens (including phenoxy) is 1. The molecule has 5 nitrogen and oxygen atoms in total. The molecule has 1 N–H and O–H groups in total. The fourth-order valence-electron chi connectivity index (χ4n) is 1.51. The van der Waals surface area contributed by atoms with Crippen molar-refractivity contribution in [3.05, 3.63) is 35.3 Å². The summed E-state index contributed by atoms with van der Waals surface area (Å²) in [4.78, 5) is 13.0. The quantitative estimate of drug-likeness (QED) is 0.756. The SMILES string of the molecule is CCOCc1nnc(NC(=O)CCSc2ccccc2)s1. The predicted molar refractivity (Wildman–Crippen MR) is 85.7 cm³/mol. The molecule has 0 aliphatic heterocycles. The van der Waals surface area contributed by atoms with Crippen molar-refractivity contribution in [3.63, 3.8) is 0 Å². The van der Waals surface area contributed by atoms with Gasteiger partial charge in [-0.05, 0) is 19.1 Å². The second-order valence-electron chi connectivity index (χ2n) is 4.10. The molecule has 2 aromatic rings. The number of hydrogen-bond acceptors (Lipinski definition) is 6. The minimum absolute atomic E-state index is 0.0439. The van der Waals surface area contributed by atoms with Crippen LogP contribution in [0, 0.1) is 0 Å². The second kappa shape index (κ2) is 8.76. The molecule has 1 heterocycles. The van der Waals surface area contributed by atoms with E-state index in [4.69, 9.17) is 4.74 Å². The van der Waals surface area contributed by atoms with Crippen LogP contribution in [0.3, 0.4) is 0 Å². The monoisotopic (exact) mass is 323 g/mol. The lowest BCUT2D eigenvalue weighted by atomic mass is 10.4. The van der Waals surface area contributed by atoms with Crippen LogP contribution in [0.1, 0.15) is 18.4 Å². The Morgan fingerprint density at radius 2 is 2.14 bits per heavy atom. The van der Waals surface area contributed by atoms with Gasteiger partial charge in [-0.25, -0.2) is 0 Å². The first kappa shape index (κ1) is 15.9. The van der Waals surface area contributed by atoms with Crippen molar-refractivity contribution < 1.29 is 9.53 Å². The normalized spacial score (nSPS) is 10.5. The van der Waals surface area contributed by atoms with Crippen molar-refractivity contribution in [2.75, 3.05) is 17.7 Å². The Labute approximate surface area is 132 Å². The van der Waals surface area contributed by atoms with Crippen LogP contribution in [-0.2, 0) is 16.1 Å². The zero-order chi connectivity index (χ0) is 14.9. The van der Waals surface area contributed by atoms with Gasteiger partial charge in [-0.1, -0.05) is 29.5 Å². The van der Waals surface area contributed by atoms with E-state index in [0.29, 0.717) is 24.8 Å². The molecule has 0 aliphatic rings. The minimum atomic E-state index is -0.0439. The molecule has 0 unspecified atom stereocenters. The number of carbonyl (C=O) groups is 1. The van der Waals surface area contributed by atoms with Crippen molar-refractivity contribution in [2.24, 2.45) is 0 Å². The molecule has 1 amide bonds. The van der Waals surface area contributed by atoms with Gasteiger partial charge in [0.05, 0.1) is 0 Å². The highest BCUT2D eigenvalue weighted by Gasteiger charge is 2.08. The number of anilines is 1. The van der Waals surface area contributed by atoms with Crippen LogP contribution in [0.25, 0.3) is 0 Å². The largest absolute Gasteiger partial charge is 0.374 e. The van der Waals surface area contributed by atoms with Crippen LogP contribution in [0.5, 0.6) is 0 Å². The van der Waals surface area contributed by atoms with E-state index in [9.17, 15) is 4.79 Å². The van der Waals surface area contributed by atoms with Crippen LogP contribution in [-0.4, -0.2) is 28.5 Å². The summed E-state index contributed by atoms with van der Waals surface area (Å²) in [7, 11) is 0. The van der Waals surface area contributed by atoms with E-state index in [1.54, 1.807) is 11.8 Å². The van der Waals surface area contributed by atoms with Gasteiger partial charge in [0.25, 0.3) is 0 Å². The van der Waals surface area contributed by atoms with Gasteiger partial charge in [0.15, 0.2) is 0 Å². The number of nitrogens with one attached hydrogen (secondary N) is 1. The highest BCUT2D eigenvalue weighted by molar-refractivity contribution is 7.99. The molecule has 0 fully saturated rings. The Morgan fingerprint density at radius 3 is 2.90 bits per heavy atom. The van der Waals surface area contributed by atoms with Gasteiger partial charge in [-0.3, -0.25) is 4.79 Å². The van der Waals surface area contributed by atoms with Gasteiger partial charge < -0.3 is 10.1 Å². The predicted octanol–water partition coefficient (Wildman–Crippen LogP) is 3.20. The molecule has 7 heteroatoms. The average Bonchev–Trinajstić information content (AvgIpc) is 2.93. The van der Waals surface area contributed by atoms with Crippen molar-refractivity contribution >= 4 is 34.1 Å². The Bertz CT molecular complexity index is 560. The first-order valence-electron chi connectivity index (χ1n) is 6.65. The van der Waals surface area contributed by atoms with E-state index < -0.39 is 0 Å². The summed E-state index contributed by atoms with van der Waals surface area (Å²) in [6.07, 6.45) is 0.444. The molecule has 0 spiro atoms. The molecule has 112 valence electrons. The maximum atomic E-state index is 11.8. The molecule has 1 aromatic heterocycles. The Kier molecular flexibility index (Phi) is 6.65. The first-order chi connectivity index (χ1) is 10.3. The molecular weight excluding hydrogens is 306 g/mol. The van der Waals surface area contributed by atoms with Gasteiger partial charge in [0, 0.05) is 23.7 Å². The molecule has 0 saturated heterocycles. The highest BCUT2D eigenvalue weighted by Crippen LogP contribution is 2.19. The number of aromatic nitrogens is 2. The molecule has 0 atom stereocenters. The van der Waals surface area contributed by atoms with Gasteiger partial charge in [-0.15, -0.1) is 22.0 Å². The number of nitrogens with zero attached hydrogens (tertiary/aromatic N) is 2. The van der Waals surface area contributed by atoms with Gasteiger partial charge in [0.2, 0.25) is 11.0 Å². The fraction of sp³-hybridized carbons (Fsp3) is 0.357. The third-order valence-corrected chi connectivity index (χ3v) is 4.31. The topological polar surface area (TPSA) is 64.1 Å². The zero-order valence-electron chi connectivity index (χ0n) is 11.7. The zero-order valence-corrected chi connectivity index (χ0v) is 13.4. The van der Waals surface area contributed by atoms with Crippen molar-refractivity contribution in [1.82, 2.24) is 10.2 Å². The number of benzene rings is 1. The number of amides is 1. The number of hydrogen-bond donors (Lipinski definition) is 1. The van der Waals surface area contributed by atoms with E-state index >= 15 is 0 Å². The summed E-state index contributed by atoms with van der Waals surface area (Å²) in [6.45, 7) is 3.00. The highest BCUT2D eigenvalue weighted by atomic mass is 32.2. The summed E-state index contributed by atoms with van der Waals surface area (Å²) in [5.74, 6) is 0.693. The summed E-state index contributed by atoms with van der Waals surface area (Å²) in [6, 6.07) is 10.0. The maximum absolute atomic E-state index is 11.8. The van der Waals surface area contributed by atoms with Crippen LogP contribution >= 0.6 is 23.1 Å². The molecule has 0 bridgehead atoms. The van der Waals surface area contributed by atoms with Gasteiger partial charge in [-0.2, -0.15) is 0 Å². The maximum Gasteiger partial charge on any atom is 0.227 e. The lowest BCUT2D eigenvalue weighted by Gasteiger charge is -2.01. The first-order valence-corrected chi connectivity index (χ1v) is 8.46. The molecule has 0 saturated carbocycles. The minimum Gasteiger partial charge on any atom is -0.374 e. The lowest BCUT2D eigenvalue weighted by Crippen LogP contribution is -2.11. The summed E-state index contributed by atoms with van der Waals surface area (Å²) < 4.78 is 5.24. The Hall–Kier alpha value is -1.44. The fourth-order valence-corrected chi connectivity index (χ4v) is 3.08. The van der Waals surface area contributed by atoms with Gasteiger partial charge >= 0.3 is 0 Å². The summed E-state index contributed by atoms with van der Waals surface area (Å²) in [5, 5.41) is 11.9. The van der Waals surface area contributed by atoms with Crippen molar-refractivity contribution in [1.29, 1.82) is 0 Å². The van der Waals surface area contributed by atoms with Crippen LogP contribution in [0.4, 0.5) is 5.13 Å². The van der Waals surface area contributed by atoms with E-state index in [1.807, 2.05) is 37.3 Å². The van der Waals surface area contributed by atoms with E-state index in [0.717, 1.165) is 10.8 Å². The van der Waals surface area contributed by atoms with E-state index in [1.165, 1.54) is 16.2 Å². The van der Waals surface area contributed by atoms with Crippen LogP contribution in [0.2, 0.25) is 0 Å². The number of thioether (sulfide) groups is 1. The Morgan fingerprint density at radius 1 is 1.33 bits per heavy atom. The second-order valence-corrected chi connectivity index (χ2v) is 6.33. The molecule has 0 aliphatic carbocycles. The smallest absolute Gasteiger partial charge is 0.227 e. The van der Waals surface area contributed by atoms with Crippen molar-refractivity contribution in [3.8, 4) is 0 Å². The number of rotatable bonds is 8. The third-order valence-electron chi connectivity index (χ3n) is 2.48. The van der Waals surface area contributed by atoms with Crippen LogP contribution in [0.15, 0.2) is 35.2 Å².